The lowest BCUT2D eigenvalue weighted by molar-refractivity contribution is -0.149. The number of esters is 1. The Morgan fingerprint density at radius 1 is 1.37 bits per heavy atom. The largest absolute Gasteiger partial charge is 0.468 e. The van der Waals surface area contributed by atoms with E-state index < -0.39 is 0 Å². The van der Waals surface area contributed by atoms with E-state index in [9.17, 15) is 9.59 Å². The summed E-state index contributed by atoms with van der Waals surface area (Å²) < 4.78 is 4.97. The molecule has 3 rings (SSSR count). The first-order valence-electron chi connectivity index (χ1n) is 7.30. The second kappa shape index (κ2) is 5.12. The number of fused-ring (bicyclic) bond motifs is 1. The van der Waals surface area contributed by atoms with Crippen molar-refractivity contribution >= 4 is 11.9 Å². The molecule has 2 aliphatic heterocycles. The fourth-order valence-electron chi connectivity index (χ4n) is 3.56. The molecule has 5 nitrogen and oxygen atoms in total. The van der Waals surface area contributed by atoms with Crippen LogP contribution in [0.4, 0.5) is 0 Å². The number of ether oxygens (including phenoxy) is 1. The molecule has 3 unspecified atom stereocenters. The molecule has 19 heavy (non-hydrogen) atoms. The summed E-state index contributed by atoms with van der Waals surface area (Å²) in [7, 11) is 1.48. The van der Waals surface area contributed by atoms with Crippen molar-refractivity contribution in [1.82, 2.24) is 10.2 Å². The van der Waals surface area contributed by atoms with Gasteiger partial charge in [0.05, 0.1) is 7.11 Å². The molecule has 0 aromatic heterocycles. The van der Waals surface area contributed by atoms with E-state index in [1.807, 2.05) is 0 Å². The van der Waals surface area contributed by atoms with E-state index in [-0.39, 0.29) is 17.9 Å². The topological polar surface area (TPSA) is 58.6 Å². The lowest BCUT2D eigenvalue weighted by Gasteiger charge is -2.43. The van der Waals surface area contributed by atoms with Gasteiger partial charge in [-0.05, 0) is 37.5 Å². The standard InChI is InChI=1S/C14H22N2O3/c1-19-14(18)13(9-2-3-9)16-7-6-11-10(8-16)4-5-12(17)15-11/h9-11,13H,2-8H2,1H3,(H,15,17). The maximum Gasteiger partial charge on any atom is 0.323 e. The Kier molecular flexibility index (Phi) is 3.48. The van der Waals surface area contributed by atoms with Crippen LogP contribution in [-0.4, -0.2) is 49.1 Å². The highest BCUT2D eigenvalue weighted by Crippen LogP contribution is 2.38. The van der Waals surface area contributed by atoms with Crippen molar-refractivity contribution in [2.24, 2.45) is 11.8 Å². The molecule has 1 aliphatic carbocycles. The van der Waals surface area contributed by atoms with Crippen molar-refractivity contribution in [2.45, 2.75) is 44.2 Å². The van der Waals surface area contributed by atoms with Crippen molar-refractivity contribution in [3.63, 3.8) is 0 Å². The fourth-order valence-corrected chi connectivity index (χ4v) is 3.56. The van der Waals surface area contributed by atoms with Crippen LogP contribution in [-0.2, 0) is 14.3 Å². The van der Waals surface area contributed by atoms with Crippen LogP contribution in [0.25, 0.3) is 0 Å². The van der Waals surface area contributed by atoms with Crippen molar-refractivity contribution in [2.75, 3.05) is 20.2 Å². The highest BCUT2D eigenvalue weighted by atomic mass is 16.5. The first kappa shape index (κ1) is 12.9. The van der Waals surface area contributed by atoms with Crippen LogP contribution in [0.5, 0.6) is 0 Å². The predicted octanol–water partition coefficient (Wildman–Crippen LogP) is 0.538. The summed E-state index contributed by atoms with van der Waals surface area (Å²) in [5.74, 6) is 1.08. The number of piperidine rings is 2. The van der Waals surface area contributed by atoms with E-state index in [0.717, 1.165) is 38.8 Å². The van der Waals surface area contributed by atoms with Gasteiger partial charge in [-0.2, -0.15) is 0 Å². The Bertz CT molecular complexity index is 381. The Hall–Kier alpha value is -1.10. The number of likely N-dealkylation sites (tertiary alicyclic amines) is 1. The number of carbonyl (C=O) groups is 2. The lowest BCUT2D eigenvalue weighted by atomic mass is 9.84. The van der Waals surface area contributed by atoms with Crippen LogP contribution in [0.15, 0.2) is 0 Å². The van der Waals surface area contributed by atoms with Gasteiger partial charge in [0.1, 0.15) is 6.04 Å². The Labute approximate surface area is 113 Å². The summed E-state index contributed by atoms with van der Waals surface area (Å²) in [5.41, 5.74) is 0. The molecule has 1 saturated carbocycles. The minimum absolute atomic E-state index is 0.0522. The molecule has 0 aromatic carbocycles. The number of hydrogen-bond donors (Lipinski definition) is 1. The zero-order valence-corrected chi connectivity index (χ0v) is 11.4. The smallest absolute Gasteiger partial charge is 0.323 e. The molecule has 106 valence electrons. The second-order valence-electron chi connectivity index (χ2n) is 6.06. The van der Waals surface area contributed by atoms with Gasteiger partial charge in [0.2, 0.25) is 5.91 Å². The second-order valence-corrected chi connectivity index (χ2v) is 6.06. The molecule has 2 heterocycles. The molecule has 0 bridgehead atoms. The van der Waals surface area contributed by atoms with Gasteiger partial charge in [0.25, 0.3) is 0 Å². The Balaban J connectivity index is 1.66. The third kappa shape index (κ3) is 2.61. The highest BCUT2D eigenvalue weighted by Gasteiger charge is 2.44. The van der Waals surface area contributed by atoms with Gasteiger partial charge in [-0.15, -0.1) is 0 Å². The quantitative estimate of drug-likeness (QED) is 0.757. The van der Waals surface area contributed by atoms with Crippen LogP contribution < -0.4 is 5.32 Å². The summed E-state index contributed by atoms with van der Waals surface area (Å²) in [6, 6.07) is 0.263. The lowest BCUT2D eigenvalue weighted by Crippen LogP contribution is -2.57. The van der Waals surface area contributed by atoms with Gasteiger partial charge in [-0.3, -0.25) is 14.5 Å². The molecule has 1 N–H and O–H groups in total. The monoisotopic (exact) mass is 266 g/mol. The van der Waals surface area contributed by atoms with Crippen LogP contribution in [0, 0.1) is 11.8 Å². The molecule has 0 radical (unpaired) electrons. The highest BCUT2D eigenvalue weighted by molar-refractivity contribution is 5.77. The molecule has 3 atom stereocenters. The van der Waals surface area contributed by atoms with Crippen molar-refractivity contribution < 1.29 is 14.3 Å². The van der Waals surface area contributed by atoms with Gasteiger partial charge in [-0.1, -0.05) is 0 Å². The molecule has 3 aliphatic rings. The Morgan fingerprint density at radius 2 is 2.16 bits per heavy atom. The fraction of sp³-hybridized carbons (Fsp3) is 0.857. The zero-order valence-electron chi connectivity index (χ0n) is 11.4. The average molecular weight is 266 g/mol. The molecule has 1 amide bonds. The van der Waals surface area contributed by atoms with Crippen LogP contribution >= 0.6 is 0 Å². The number of carbonyl (C=O) groups excluding carboxylic acids is 2. The molecule has 2 saturated heterocycles. The summed E-state index contributed by atoms with van der Waals surface area (Å²) in [5, 5.41) is 3.08. The van der Waals surface area contributed by atoms with E-state index in [1.54, 1.807) is 0 Å². The number of methoxy groups -OCH3 is 1. The third-order valence-electron chi connectivity index (χ3n) is 4.76. The zero-order chi connectivity index (χ0) is 13.4. The number of rotatable bonds is 3. The molecular weight excluding hydrogens is 244 g/mol. The minimum atomic E-state index is -0.0826. The van der Waals surface area contributed by atoms with Crippen molar-refractivity contribution in [3.05, 3.63) is 0 Å². The van der Waals surface area contributed by atoms with Crippen LogP contribution in [0.2, 0.25) is 0 Å². The van der Waals surface area contributed by atoms with Crippen LogP contribution in [0.3, 0.4) is 0 Å². The molecule has 0 aromatic rings. The normalized spacial score (nSPS) is 33.2. The first-order valence-corrected chi connectivity index (χ1v) is 7.30. The molecular formula is C14H22N2O3. The first-order chi connectivity index (χ1) is 9.19. The van der Waals surface area contributed by atoms with Gasteiger partial charge < -0.3 is 10.1 Å². The van der Waals surface area contributed by atoms with Crippen molar-refractivity contribution in [1.29, 1.82) is 0 Å². The van der Waals surface area contributed by atoms with Gasteiger partial charge in [0.15, 0.2) is 0 Å². The third-order valence-corrected chi connectivity index (χ3v) is 4.76. The van der Waals surface area contributed by atoms with Gasteiger partial charge >= 0.3 is 5.97 Å². The number of hydrogen-bond acceptors (Lipinski definition) is 4. The maximum absolute atomic E-state index is 12.0. The van der Waals surface area contributed by atoms with E-state index in [0.29, 0.717) is 24.3 Å². The van der Waals surface area contributed by atoms with Crippen molar-refractivity contribution in [3.8, 4) is 0 Å². The minimum Gasteiger partial charge on any atom is -0.468 e. The predicted molar refractivity (Wildman–Crippen MR) is 69.4 cm³/mol. The van der Waals surface area contributed by atoms with E-state index >= 15 is 0 Å². The average Bonchev–Trinajstić information content (AvgIpc) is 3.23. The summed E-state index contributed by atoms with van der Waals surface area (Å²) in [6.45, 7) is 1.80. The number of nitrogens with one attached hydrogen (secondary N) is 1. The summed E-state index contributed by atoms with van der Waals surface area (Å²) in [4.78, 5) is 25.7. The number of nitrogens with zero attached hydrogens (tertiary/aromatic N) is 1. The molecule has 5 heteroatoms. The summed E-state index contributed by atoms with van der Waals surface area (Å²) >= 11 is 0. The van der Waals surface area contributed by atoms with E-state index in [2.05, 4.69) is 10.2 Å². The van der Waals surface area contributed by atoms with E-state index in [1.165, 1.54) is 7.11 Å². The molecule has 0 spiro atoms. The Morgan fingerprint density at radius 3 is 2.84 bits per heavy atom. The van der Waals surface area contributed by atoms with Crippen LogP contribution in [0.1, 0.15) is 32.1 Å². The number of amides is 1. The SMILES string of the molecule is COC(=O)C(C1CC1)N1CCC2NC(=O)CCC2C1. The summed E-state index contributed by atoms with van der Waals surface area (Å²) in [6.07, 6.45) is 4.81. The maximum atomic E-state index is 12.0. The van der Waals surface area contributed by atoms with Gasteiger partial charge in [0, 0.05) is 25.6 Å². The van der Waals surface area contributed by atoms with E-state index in [4.69, 9.17) is 4.74 Å². The molecule has 3 fully saturated rings. The van der Waals surface area contributed by atoms with Gasteiger partial charge in [-0.25, -0.2) is 0 Å².